The smallest absolute Gasteiger partial charge is 0.320 e. The van der Waals surface area contributed by atoms with Gasteiger partial charge in [0.05, 0.1) is 6.26 Å². The SMILES string of the molecule is CC(Cc1ccco1)N(C)C(C)C(=O)O. The van der Waals surface area contributed by atoms with Crippen LogP contribution in [0.15, 0.2) is 22.8 Å². The predicted octanol–water partition coefficient (Wildman–Crippen LogP) is 1.62. The Hall–Kier alpha value is -1.29. The lowest BCUT2D eigenvalue weighted by Crippen LogP contribution is -2.42. The zero-order valence-electron chi connectivity index (χ0n) is 9.30. The number of furan rings is 1. The molecule has 1 rings (SSSR count). The second-order valence-corrected chi connectivity index (χ2v) is 3.81. The summed E-state index contributed by atoms with van der Waals surface area (Å²) in [5, 5.41) is 8.86. The quantitative estimate of drug-likeness (QED) is 0.804. The molecule has 0 fully saturated rings. The van der Waals surface area contributed by atoms with Crippen molar-refractivity contribution in [2.75, 3.05) is 7.05 Å². The maximum Gasteiger partial charge on any atom is 0.320 e. The second-order valence-electron chi connectivity index (χ2n) is 3.81. The average molecular weight is 211 g/mol. The molecule has 0 aromatic carbocycles. The van der Waals surface area contributed by atoms with Gasteiger partial charge in [0.2, 0.25) is 0 Å². The van der Waals surface area contributed by atoms with E-state index in [1.54, 1.807) is 13.2 Å². The fourth-order valence-electron chi connectivity index (χ4n) is 1.42. The first-order valence-electron chi connectivity index (χ1n) is 4.99. The van der Waals surface area contributed by atoms with E-state index in [1.807, 2.05) is 31.0 Å². The van der Waals surface area contributed by atoms with Crippen LogP contribution in [0.25, 0.3) is 0 Å². The molecular weight excluding hydrogens is 194 g/mol. The zero-order valence-corrected chi connectivity index (χ0v) is 9.30. The molecule has 0 saturated heterocycles. The van der Waals surface area contributed by atoms with Crippen LogP contribution in [0.3, 0.4) is 0 Å². The molecule has 0 bridgehead atoms. The number of carboxylic acid groups (broad SMARTS) is 1. The number of hydrogen-bond donors (Lipinski definition) is 1. The molecule has 1 aromatic heterocycles. The summed E-state index contributed by atoms with van der Waals surface area (Å²) in [6.07, 6.45) is 2.35. The van der Waals surface area contributed by atoms with Gasteiger partial charge in [0.1, 0.15) is 11.8 Å². The standard InChI is InChI=1S/C11H17NO3/c1-8(7-10-5-4-6-15-10)12(3)9(2)11(13)14/h4-6,8-9H,7H2,1-3H3,(H,13,14). The highest BCUT2D eigenvalue weighted by Gasteiger charge is 2.22. The topological polar surface area (TPSA) is 53.7 Å². The highest BCUT2D eigenvalue weighted by Crippen LogP contribution is 2.10. The molecule has 2 unspecified atom stereocenters. The summed E-state index contributed by atoms with van der Waals surface area (Å²) in [6.45, 7) is 3.67. The molecule has 4 nitrogen and oxygen atoms in total. The Labute approximate surface area is 89.5 Å². The van der Waals surface area contributed by atoms with E-state index < -0.39 is 12.0 Å². The first-order valence-corrected chi connectivity index (χ1v) is 4.99. The van der Waals surface area contributed by atoms with Crippen molar-refractivity contribution < 1.29 is 14.3 Å². The molecule has 0 saturated carbocycles. The molecule has 84 valence electrons. The van der Waals surface area contributed by atoms with Crippen LogP contribution in [0.1, 0.15) is 19.6 Å². The van der Waals surface area contributed by atoms with Crippen LogP contribution in [0, 0.1) is 0 Å². The molecule has 2 atom stereocenters. The third-order valence-corrected chi connectivity index (χ3v) is 2.74. The van der Waals surface area contributed by atoms with Crippen LogP contribution in [-0.2, 0) is 11.2 Å². The van der Waals surface area contributed by atoms with E-state index in [-0.39, 0.29) is 6.04 Å². The summed E-state index contributed by atoms with van der Waals surface area (Å²) >= 11 is 0. The van der Waals surface area contributed by atoms with Gasteiger partial charge in [-0.1, -0.05) is 0 Å². The summed E-state index contributed by atoms with van der Waals surface area (Å²) in [5.74, 6) is 0.0794. The highest BCUT2D eigenvalue weighted by atomic mass is 16.4. The largest absolute Gasteiger partial charge is 0.480 e. The molecule has 1 heterocycles. The Morgan fingerprint density at radius 3 is 2.73 bits per heavy atom. The van der Waals surface area contributed by atoms with Crippen molar-refractivity contribution in [1.82, 2.24) is 4.90 Å². The number of likely N-dealkylation sites (N-methyl/N-ethyl adjacent to an activating group) is 1. The fourth-order valence-corrected chi connectivity index (χ4v) is 1.42. The second kappa shape index (κ2) is 4.98. The Morgan fingerprint density at radius 1 is 1.60 bits per heavy atom. The number of carboxylic acids is 1. The minimum absolute atomic E-state index is 0.141. The molecule has 4 heteroatoms. The van der Waals surface area contributed by atoms with Crippen molar-refractivity contribution >= 4 is 5.97 Å². The van der Waals surface area contributed by atoms with Crippen molar-refractivity contribution in [3.63, 3.8) is 0 Å². The van der Waals surface area contributed by atoms with E-state index in [4.69, 9.17) is 9.52 Å². The lowest BCUT2D eigenvalue weighted by molar-refractivity contribution is -0.142. The van der Waals surface area contributed by atoms with Crippen LogP contribution in [0.5, 0.6) is 0 Å². The van der Waals surface area contributed by atoms with Crippen LogP contribution >= 0.6 is 0 Å². The van der Waals surface area contributed by atoms with Gasteiger partial charge >= 0.3 is 5.97 Å². The molecule has 15 heavy (non-hydrogen) atoms. The lowest BCUT2D eigenvalue weighted by Gasteiger charge is -2.27. The predicted molar refractivity (Wildman–Crippen MR) is 56.7 cm³/mol. The maximum absolute atomic E-state index is 10.8. The van der Waals surface area contributed by atoms with E-state index in [0.717, 1.165) is 12.2 Å². The number of nitrogens with zero attached hydrogens (tertiary/aromatic N) is 1. The van der Waals surface area contributed by atoms with Gasteiger partial charge in [-0.05, 0) is 33.0 Å². The number of carbonyl (C=O) groups is 1. The van der Waals surface area contributed by atoms with Gasteiger partial charge in [0.25, 0.3) is 0 Å². The summed E-state index contributed by atoms with van der Waals surface area (Å²) in [6, 6.07) is 3.40. The van der Waals surface area contributed by atoms with Gasteiger partial charge in [-0.15, -0.1) is 0 Å². The maximum atomic E-state index is 10.8. The van der Waals surface area contributed by atoms with Crippen LogP contribution < -0.4 is 0 Å². The molecule has 0 aliphatic heterocycles. The van der Waals surface area contributed by atoms with Gasteiger partial charge in [-0.3, -0.25) is 9.69 Å². The van der Waals surface area contributed by atoms with Gasteiger partial charge in [-0.2, -0.15) is 0 Å². The molecule has 0 radical (unpaired) electrons. The van der Waals surface area contributed by atoms with Crippen molar-refractivity contribution in [3.8, 4) is 0 Å². The normalized spacial score (nSPS) is 15.2. The number of aliphatic carboxylic acids is 1. The minimum Gasteiger partial charge on any atom is -0.480 e. The monoisotopic (exact) mass is 211 g/mol. The summed E-state index contributed by atoms with van der Waals surface area (Å²) in [7, 11) is 1.81. The third-order valence-electron chi connectivity index (χ3n) is 2.74. The minimum atomic E-state index is -0.802. The van der Waals surface area contributed by atoms with E-state index in [2.05, 4.69) is 0 Å². The molecular formula is C11H17NO3. The average Bonchev–Trinajstić information content (AvgIpc) is 2.67. The highest BCUT2D eigenvalue weighted by molar-refractivity contribution is 5.72. The van der Waals surface area contributed by atoms with Crippen LogP contribution in [0.2, 0.25) is 0 Å². The van der Waals surface area contributed by atoms with E-state index in [1.165, 1.54) is 0 Å². The van der Waals surface area contributed by atoms with E-state index >= 15 is 0 Å². The van der Waals surface area contributed by atoms with E-state index in [9.17, 15) is 4.79 Å². The molecule has 0 spiro atoms. The van der Waals surface area contributed by atoms with Gasteiger partial charge in [0, 0.05) is 12.5 Å². The van der Waals surface area contributed by atoms with E-state index in [0.29, 0.717) is 0 Å². The molecule has 1 N–H and O–H groups in total. The lowest BCUT2D eigenvalue weighted by atomic mass is 10.1. The van der Waals surface area contributed by atoms with Crippen molar-refractivity contribution in [2.45, 2.75) is 32.4 Å². The van der Waals surface area contributed by atoms with Crippen molar-refractivity contribution in [2.24, 2.45) is 0 Å². The first kappa shape index (κ1) is 11.8. The summed E-state index contributed by atoms with van der Waals surface area (Å²) < 4.78 is 5.22. The Morgan fingerprint density at radius 2 is 2.27 bits per heavy atom. The zero-order chi connectivity index (χ0) is 11.4. The summed E-state index contributed by atoms with van der Waals surface area (Å²) in [4.78, 5) is 12.6. The molecule has 0 aliphatic carbocycles. The summed E-state index contributed by atoms with van der Waals surface area (Å²) in [5.41, 5.74) is 0. The van der Waals surface area contributed by atoms with Crippen molar-refractivity contribution in [1.29, 1.82) is 0 Å². The molecule has 0 amide bonds. The fraction of sp³-hybridized carbons (Fsp3) is 0.545. The first-order chi connectivity index (χ1) is 7.02. The Bertz CT molecular complexity index is 308. The van der Waals surface area contributed by atoms with Crippen LogP contribution in [-0.4, -0.2) is 35.1 Å². The molecule has 0 aliphatic rings. The van der Waals surface area contributed by atoms with Crippen LogP contribution in [0.4, 0.5) is 0 Å². The van der Waals surface area contributed by atoms with Gasteiger partial charge < -0.3 is 9.52 Å². The Kier molecular flexibility index (Phi) is 3.91. The number of rotatable bonds is 5. The van der Waals surface area contributed by atoms with Gasteiger partial charge in [-0.25, -0.2) is 0 Å². The Balaban J connectivity index is 2.53. The third kappa shape index (κ3) is 3.09. The van der Waals surface area contributed by atoms with Gasteiger partial charge in [0.15, 0.2) is 0 Å². The molecule has 1 aromatic rings. The number of hydrogen-bond acceptors (Lipinski definition) is 3. The van der Waals surface area contributed by atoms with Crippen molar-refractivity contribution in [3.05, 3.63) is 24.2 Å².